The Hall–Kier alpha value is -0.610. The Morgan fingerprint density at radius 3 is 2.33 bits per heavy atom. The maximum atomic E-state index is 12.6. The molecule has 0 aromatic heterocycles. The molecular weight excluding hydrogens is 228 g/mol. The van der Waals surface area contributed by atoms with E-state index < -0.39 is 0 Å². The molecule has 1 saturated carbocycles. The van der Waals surface area contributed by atoms with Gasteiger partial charge in [-0.15, -0.1) is 0 Å². The Morgan fingerprint density at radius 2 is 1.83 bits per heavy atom. The summed E-state index contributed by atoms with van der Waals surface area (Å²) in [6.07, 6.45) is 7.05. The molecule has 2 fully saturated rings. The van der Waals surface area contributed by atoms with Gasteiger partial charge in [-0.1, -0.05) is 19.8 Å². The van der Waals surface area contributed by atoms with Crippen LogP contribution in [0.15, 0.2) is 0 Å². The number of hydrogen-bond acceptors (Lipinski definition) is 3. The van der Waals surface area contributed by atoms with Crippen molar-refractivity contribution in [3.63, 3.8) is 0 Å². The molecule has 0 aromatic carbocycles. The Morgan fingerprint density at radius 1 is 1.22 bits per heavy atom. The van der Waals surface area contributed by atoms with E-state index in [4.69, 9.17) is 10.5 Å². The molecule has 2 rings (SSSR count). The molecule has 0 bridgehead atoms. The van der Waals surface area contributed by atoms with Crippen molar-refractivity contribution in [3.8, 4) is 0 Å². The van der Waals surface area contributed by atoms with E-state index in [2.05, 4.69) is 12.2 Å². The van der Waals surface area contributed by atoms with E-state index in [9.17, 15) is 4.79 Å². The molecule has 0 unspecified atom stereocenters. The van der Waals surface area contributed by atoms with Crippen LogP contribution in [0.2, 0.25) is 0 Å². The SMILES string of the molecule is CCC1(C(=O)NC2(CN)CCOCC2)CCCC1. The minimum absolute atomic E-state index is 0.125. The van der Waals surface area contributed by atoms with Crippen LogP contribution in [-0.2, 0) is 9.53 Å². The summed E-state index contributed by atoms with van der Waals surface area (Å²) in [5.41, 5.74) is 5.55. The van der Waals surface area contributed by atoms with Gasteiger partial charge in [-0.2, -0.15) is 0 Å². The molecule has 18 heavy (non-hydrogen) atoms. The zero-order valence-electron chi connectivity index (χ0n) is 11.5. The molecule has 1 saturated heterocycles. The minimum atomic E-state index is -0.222. The predicted octanol–water partition coefficient (Wildman–Crippen LogP) is 1.58. The van der Waals surface area contributed by atoms with Crippen molar-refractivity contribution in [3.05, 3.63) is 0 Å². The highest BCUT2D eigenvalue weighted by Crippen LogP contribution is 2.41. The summed E-state index contributed by atoms with van der Waals surface area (Å²) in [7, 11) is 0. The van der Waals surface area contributed by atoms with Gasteiger partial charge in [0.15, 0.2) is 0 Å². The highest BCUT2D eigenvalue weighted by Gasteiger charge is 2.43. The van der Waals surface area contributed by atoms with Gasteiger partial charge in [0.05, 0.1) is 5.54 Å². The van der Waals surface area contributed by atoms with Crippen LogP contribution in [0.5, 0.6) is 0 Å². The van der Waals surface area contributed by atoms with Crippen molar-refractivity contribution >= 4 is 5.91 Å². The lowest BCUT2D eigenvalue weighted by Crippen LogP contribution is -2.59. The van der Waals surface area contributed by atoms with E-state index in [-0.39, 0.29) is 16.9 Å². The first-order valence-electron chi connectivity index (χ1n) is 7.27. The number of amides is 1. The van der Waals surface area contributed by atoms with E-state index in [0.29, 0.717) is 19.8 Å². The van der Waals surface area contributed by atoms with E-state index in [1.807, 2.05) is 0 Å². The highest BCUT2D eigenvalue weighted by atomic mass is 16.5. The van der Waals surface area contributed by atoms with Crippen LogP contribution < -0.4 is 11.1 Å². The van der Waals surface area contributed by atoms with Crippen molar-refractivity contribution in [1.82, 2.24) is 5.32 Å². The van der Waals surface area contributed by atoms with E-state index >= 15 is 0 Å². The molecule has 4 heteroatoms. The van der Waals surface area contributed by atoms with Crippen LogP contribution in [0.25, 0.3) is 0 Å². The van der Waals surface area contributed by atoms with Crippen LogP contribution in [-0.4, -0.2) is 31.2 Å². The van der Waals surface area contributed by atoms with E-state index in [1.165, 1.54) is 12.8 Å². The summed E-state index contributed by atoms with van der Waals surface area (Å²) in [5, 5.41) is 3.27. The summed E-state index contributed by atoms with van der Waals surface area (Å²) in [5.74, 6) is 0.231. The maximum absolute atomic E-state index is 12.6. The lowest BCUT2D eigenvalue weighted by atomic mass is 9.80. The van der Waals surface area contributed by atoms with Gasteiger partial charge in [-0.25, -0.2) is 0 Å². The fourth-order valence-corrected chi connectivity index (χ4v) is 3.31. The smallest absolute Gasteiger partial charge is 0.226 e. The largest absolute Gasteiger partial charge is 0.381 e. The summed E-state index contributed by atoms with van der Waals surface area (Å²) in [4.78, 5) is 12.6. The van der Waals surface area contributed by atoms with Gasteiger partial charge in [-0.05, 0) is 32.1 Å². The van der Waals surface area contributed by atoms with Crippen LogP contribution in [0.4, 0.5) is 0 Å². The van der Waals surface area contributed by atoms with Crippen LogP contribution in [0, 0.1) is 5.41 Å². The molecule has 4 nitrogen and oxygen atoms in total. The molecule has 0 aromatic rings. The third kappa shape index (κ3) is 2.54. The summed E-state index contributed by atoms with van der Waals surface area (Å²) in [6, 6.07) is 0. The number of carbonyl (C=O) groups is 1. The molecule has 3 N–H and O–H groups in total. The molecule has 0 atom stereocenters. The summed E-state index contributed by atoms with van der Waals surface area (Å²) >= 11 is 0. The molecule has 0 radical (unpaired) electrons. The van der Waals surface area contributed by atoms with Crippen molar-refractivity contribution in [2.75, 3.05) is 19.8 Å². The average molecular weight is 254 g/mol. The van der Waals surface area contributed by atoms with Gasteiger partial charge in [0.25, 0.3) is 0 Å². The van der Waals surface area contributed by atoms with Crippen LogP contribution >= 0.6 is 0 Å². The van der Waals surface area contributed by atoms with Gasteiger partial charge >= 0.3 is 0 Å². The number of ether oxygens (including phenoxy) is 1. The molecule has 104 valence electrons. The monoisotopic (exact) mass is 254 g/mol. The highest BCUT2D eigenvalue weighted by molar-refractivity contribution is 5.83. The topological polar surface area (TPSA) is 64.4 Å². The minimum Gasteiger partial charge on any atom is -0.381 e. The van der Waals surface area contributed by atoms with Crippen molar-refractivity contribution in [2.45, 2.75) is 57.4 Å². The van der Waals surface area contributed by atoms with Crippen LogP contribution in [0.3, 0.4) is 0 Å². The normalized spacial score (nSPS) is 25.9. The number of hydrogen-bond donors (Lipinski definition) is 2. The standard InChI is InChI=1S/C14H26N2O2/c1-2-13(5-3-4-6-13)12(17)16-14(11-15)7-9-18-10-8-14/h2-11,15H2,1H3,(H,16,17). The lowest BCUT2D eigenvalue weighted by molar-refractivity contribution is -0.134. The zero-order chi connectivity index (χ0) is 13.1. The Balaban J connectivity index is 2.04. The molecule has 1 heterocycles. The van der Waals surface area contributed by atoms with E-state index in [0.717, 1.165) is 32.1 Å². The maximum Gasteiger partial charge on any atom is 0.226 e. The van der Waals surface area contributed by atoms with Gasteiger partial charge in [0.2, 0.25) is 5.91 Å². The van der Waals surface area contributed by atoms with Gasteiger partial charge < -0.3 is 15.8 Å². The summed E-state index contributed by atoms with van der Waals surface area (Å²) < 4.78 is 5.38. The molecular formula is C14H26N2O2. The number of carbonyl (C=O) groups excluding carboxylic acids is 1. The average Bonchev–Trinajstić information content (AvgIpc) is 2.90. The zero-order valence-corrected chi connectivity index (χ0v) is 11.5. The number of nitrogens with two attached hydrogens (primary N) is 1. The molecule has 0 spiro atoms. The molecule has 1 aliphatic carbocycles. The van der Waals surface area contributed by atoms with Crippen molar-refractivity contribution < 1.29 is 9.53 Å². The Bertz CT molecular complexity index is 292. The third-order valence-corrected chi connectivity index (χ3v) is 4.94. The fraction of sp³-hybridized carbons (Fsp3) is 0.929. The third-order valence-electron chi connectivity index (χ3n) is 4.94. The van der Waals surface area contributed by atoms with Crippen molar-refractivity contribution in [1.29, 1.82) is 0 Å². The number of nitrogens with one attached hydrogen (secondary N) is 1. The molecule has 1 aliphatic heterocycles. The second kappa shape index (κ2) is 5.57. The molecule has 1 amide bonds. The van der Waals surface area contributed by atoms with Crippen molar-refractivity contribution in [2.24, 2.45) is 11.1 Å². The molecule has 2 aliphatic rings. The first kappa shape index (κ1) is 13.8. The van der Waals surface area contributed by atoms with Crippen LogP contribution in [0.1, 0.15) is 51.9 Å². The Labute approximate surface area is 110 Å². The van der Waals surface area contributed by atoms with Gasteiger partial charge in [-0.3, -0.25) is 4.79 Å². The summed E-state index contributed by atoms with van der Waals surface area (Å²) in [6.45, 7) is 4.05. The first-order valence-corrected chi connectivity index (χ1v) is 7.27. The second-order valence-electron chi connectivity index (χ2n) is 5.89. The van der Waals surface area contributed by atoms with E-state index in [1.54, 1.807) is 0 Å². The van der Waals surface area contributed by atoms with Gasteiger partial charge in [0, 0.05) is 25.2 Å². The van der Waals surface area contributed by atoms with Gasteiger partial charge in [0.1, 0.15) is 0 Å². The predicted molar refractivity (Wildman–Crippen MR) is 71.2 cm³/mol. The first-order chi connectivity index (χ1) is 8.66. The quantitative estimate of drug-likeness (QED) is 0.800. The Kier molecular flexibility index (Phi) is 4.28. The second-order valence-corrected chi connectivity index (χ2v) is 5.89. The number of rotatable bonds is 4. The fourth-order valence-electron chi connectivity index (χ4n) is 3.31. The lowest BCUT2D eigenvalue weighted by Gasteiger charge is -2.40.